The molecule has 0 radical (unpaired) electrons. The van der Waals surface area contributed by atoms with Crippen molar-refractivity contribution in [2.45, 2.75) is 59.5 Å². The molecule has 1 aromatic heterocycles. The number of H-pyrrole nitrogens is 1. The largest absolute Gasteiger partial charge is 0.361 e. The minimum absolute atomic E-state index is 0.444. The molecule has 1 fully saturated rings. The van der Waals surface area contributed by atoms with Crippen LogP contribution in [0.3, 0.4) is 0 Å². The molecule has 1 heterocycles. The first-order chi connectivity index (χ1) is 9.85. The first-order valence-electron chi connectivity index (χ1n) is 8.13. The third kappa shape index (κ3) is 3.32. The number of rotatable bonds is 3. The molecular formula is C19H28N2. The van der Waals surface area contributed by atoms with E-state index < -0.39 is 0 Å². The van der Waals surface area contributed by atoms with Crippen LogP contribution in [-0.4, -0.2) is 11.0 Å². The Hall–Kier alpha value is -1.28. The number of hydrogen-bond acceptors (Lipinski definition) is 1. The normalized spacial score (nSPS) is 21.7. The second-order valence-electron chi connectivity index (χ2n) is 8.35. The topological polar surface area (TPSA) is 27.8 Å². The molecule has 1 saturated carbocycles. The monoisotopic (exact) mass is 284 g/mol. The van der Waals surface area contributed by atoms with Crippen molar-refractivity contribution in [1.82, 2.24) is 10.3 Å². The van der Waals surface area contributed by atoms with Gasteiger partial charge in [-0.3, -0.25) is 0 Å². The van der Waals surface area contributed by atoms with Crippen LogP contribution in [0.1, 0.15) is 52.5 Å². The van der Waals surface area contributed by atoms with Gasteiger partial charge in [0.15, 0.2) is 0 Å². The lowest BCUT2D eigenvalue weighted by atomic mass is 9.63. The Kier molecular flexibility index (Phi) is 3.61. The summed E-state index contributed by atoms with van der Waals surface area (Å²) in [4.78, 5) is 3.30. The zero-order valence-electron chi connectivity index (χ0n) is 13.8. The van der Waals surface area contributed by atoms with E-state index in [2.05, 4.69) is 62.3 Å². The van der Waals surface area contributed by atoms with E-state index in [0.717, 1.165) is 6.54 Å². The van der Waals surface area contributed by atoms with Crippen molar-refractivity contribution >= 4 is 10.9 Å². The van der Waals surface area contributed by atoms with Crippen molar-refractivity contribution in [2.24, 2.45) is 10.8 Å². The Labute approximate surface area is 128 Å². The third-order valence-corrected chi connectivity index (χ3v) is 4.82. The highest BCUT2D eigenvalue weighted by molar-refractivity contribution is 5.82. The number of nitrogens with one attached hydrogen (secondary N) is 2. The van der Waals surface area contributed by atoms with Gasteiger partial charge in [0, 0.05) is 29.7 Å². The molecule has 2 aromatic rings. The Morgan fingerprint density at radius 2 is 1.81 bits per heavy atom. The zero-order valence-corrected chi connectivity index (χ0v) is 13.8. The molecule has 2 nitrogen and oxygen atoms in total. The standard InChI is InChI=1S/C19H28N2/c1-18(2)10-15(11-19(3,4)13-18)21-12-14-6-5-7-17-16(14)8-9-20-17/h5-9,15,20-21H,10-13H2,1-4H3. The lowest BCUT2D eigenvalue weighted by Gasteiger charge is -2.45. The molecule has 0 atom stereocenters. The highest BCUT2D eigenvalue weighted by atomic mass is 14.9. The van der Waals surface area contributed by atoms with Crippen molar-refractivity contribution in [1.29, 1.82) is 0 Å². The van der Waals surface area contributed by atoms with Crippen LogP contribution in [0.2, 0.25) is 0 Å². The highest BCUT2D eigenvalue weighted by Gasteiger charge is 2.38. The van der Waals surface area contributed by atoms with Crippen molar-refractivity contribution in [3.63, 3.8) is 0 Å². The Morgan fingerprint density at radius 3 is 2.52 bits per heavy atom. The summed E-state index contributed by atoms with van der Waals surface area (Å²) in [5, 5.41) is 5.16. The molecule has 0 unspecified atom stereocenters. The Morgan fingerprint density at radius 1 is 1.10 bits per heavy atom. The van der Waals surface area contributed by atoms with Gasteiger partial charge >= 0.3 is 0 Å². The highest BCUT2D eigenvalue weighted by Crippen LogP contribution is 2.45. The molecular weight excluding hydrogens is 256 g/mol. The van der Waals surface area contributed by atoms with Crippen LogP contribution in [0.25, 0.3) is 10.9 Å². The molecule has 0 aliphatic heterocycles. The molecule has 1 aromatic carbocycles. The van der Waals surface area contributed by atoms with Crippen LogP contribution in [0.4, 0.5) is 0 Å². The molecule has 0 amide bonds. The molecule has 0 spiro atoms. The summed E-state index contributed by atoms with van der Waals surface area (Å²) in [6, 6.07) is 9.33. The van der Waals surface area contributed by atoms with E-state index >= 15 is 0 Å². The van der Waals surface area contributed by atoms with Crippen molar-refractivity contribution < 1.29 is 0 Å². The first kappa shape index (κ1) is 14.6. The summed E-state index contributed by atoms with van der Waals surface area (Å²) < 4.78 is 0. The lowest BCUT2D eigenvalue weighted by molar-refractivity contribution is 0.0845. The maximum Gasteiger partial charge on any atom is 0.0457 e. The summed E-state index contributed by atoms with van der Waals surface area (Å²) in [5.74, 6) is 0. The van der Waals surface area contributed by atoms with Gasteiger partial charge in [0.2, 0.25) is 0 Å². The van der Waals surface area contributed by atoms with Gasteiger partial charge in [-0.2, -0.15) is 0 Å². The average Bonchev–Trinajstić information content (AvgIpc) is 2.81. The van der Waals surface area contributed by atoms with E-state index in [9.17, 15) is 0 Å². The van der Waals surface area contributed by atoms with Crippen molar-refractivity contribution in [3.05, 3.63) is 36.0 Å². The number of hydrogen-bond donors (Lipinski definition) is 2. The minimum atomic E-state index is 0.444. The van der Waals surface area contributed by atoms with Crippen molar-refractivity contribution in [3.8, 4) is 0 Å². The predicted octanol–water partition coefficient (Wildman–Crippen LogP) is 4.86. The number of fused-ring (bicyclic) bond motifs is 1. The van der Waals surface area contributed by atoms with E-state index in [4.69, 9.17) is 0 Å². The van der Waals surface area contributed by atoms with Crippen LogP contribution < -0.4 is 5.32 Å². The van der Waals surface area contributed by atoms with Gasteiger partial charge in [0.1, 0.15) is 0 Å². The molecule has 1 aliphatic carbocycles. The summed E-state index contributed by atoms with van der Waals surface area (Å²) in [6.07, 6.45) is 5.91. The maximum atomic E-state index is 3.82. The second kappa shape index (κ2) is 5.17. The first-order valence-corrected chi connectivity index (χ1v) is 8.13. The summed E-state index contributed by atoms with van der Waals surface area (Å²) >= 11 is 0. The van der Waals surface area contributed by atoms with E-state index in [1.165, 1.54) is 35.7 Å². The summed E-state index contributed by atoms with van der Waals surface area (Å²) in [5.41, 5.74) is 3.52. The quantitative estimate of drug-likeness (QED) is 0.827. The number of aromatic nitrogens is 1. The van der Waals surface area contributed by atoms with Gasteiger partial charge in [-0.25, -0.2) is 0 Å². The summed E-state index contributed by atoms with van der Waals surface area (Å²) in [6.45, 7) is 10.6. The molecule has 3 rings (SSSR count). The average molecular weight is 284 g/mol. The predicted molar refractivity (Wildman–Crippen MR) is 90.3 cm³/mol. The number of benzene rings is 1. The molecule has 1 aliphatic rings. The van der Waals surface area contributed by atoms with E-state index in [-0.39, 0.29) is 0 Å². The van der Waals surface area contributed by atoms with Crippen LogP contribution in [0, 0.1) is 10.8 Å². The molecule has 2 N–H and O–H groups in total. The van der Waals surface area contributed by atoms with Gasteiger partial charge in [-0.1, -0.05) is 39.8 Å². The van der Waals surface area contributed by atoms with E-state index in [1.54, 1.807) is 0 Å². The molecule has 21 heavy (non-hydrogen) atoms. The van der Waals surface area contributed by atoms with Crippen molar-refractivity contribution in [2.75, 3.05) is 0 Å². The van der Waals surface area contributed by atoms with Crippen LogP contribution >= 0.6 is 0 Å². The zero-order chi connectivity index (χ0) is 15.1. The van der Waals surface area contributed by atoms with Crippen LogP contribution in [0.5, 0.6) is 0 Å². The SMILES string of the molecule is CC1(C)CC(NCc2cccc3[nH]ccc23)CC(C)(C)C1. The molecule has 0 saturated heterocycles. The minimum Gasteiger partial charge on any atom is -0.361 e. The second-order valence-corrected chi connectivity index (χ2v) is 8.35. The summed E-state index contributed by atoms with van der Waals surface area (Å²) in [7, 11) is 0. The Balaban J connectivity index is 1.71. The molecule has 0 bridgehead atoms. The van der Waals surface area contributed by atoms with Gasteiger partial charge in [-0.15, -0.1) is 0 Å². The number of aromatic amines is 1. The molecule has 2 heteroatoms. The maximum absolute atomic E-state index is 3.82. The smallest absolute Gasteiger partial charge is 0.0457 e. The van der Waals surface area contributed by atoms with Gasteiger partial charge in [0.05, 0.1) is 0 Å². The Bertz CT molecular complexity index is 605. The van der Waals surface area contributed by atoms with E-state index in [1.807, 2.05) is 6.20 Å². The van der Waals surface area contributed by atoms with Gasteiger partial charge in [-0.05, 0) is 47.8 Å². The molecule has 114 valence electrons. The van der Waals surface area contributed by atoms with Gasteiger partial charge < -0.3 is 10.3 Å². The fraction of sp³-hybridized carbons (Fsp3) is 0.579. The lowest BCUT2D eigenvalue weighted by Crippen LogP contribution is -2.43. The van der Waals surface area contributed by atoms with E-state index in [0.29, 0.717) is 16.9 Å². The third-order valence-electron chi connectivity index (χ3n) is 4.82. The fourth-order valence-electron chi connectivity index (χ4n) is 4.55. The van der Waals surface area contributed by atoms with Crippen LogP contribution in [-0.2, 0) is 6.54 Å². The van der Waals surface area contributed by atoms with Crippen LogP contribution in [0.15, 0.2) is 30.5 Å². The van der Waals surface area contributed by atoms with Gasteiger partial charge in [0.25, 0.3) is 0 Å². The fourth-order valence-corrected chi connectivity index (χ4v) is 4.55.